The molecule has 0 heterocycles. The normalized spacial score (nSPS) is 11.6. The highest BCUT2D eigenvalue weighted by Gasteiger charge is 2.05. The Labute approximate surface area is 181 Å². The number of sulfonamides is 1. The predicted octanol–water partition coefficient (Wildman–Crippen LogP) is 2.02. The number of anilines is 1. The number of rotatable bonds is 12. The van der Waals surface area contributed by atoms with Crippen molar-refractivity contribution < 1.29 is 8.42 Å². The van der Waals surface area contributed by atoms with E-state index < -0.39 is 10.0 Å². The van der Waals surface area contributed by atoms with Crippen LogP contribution in [0.4, 0.5) is 5.69 Å². The van der Waals surface area contributed by atoms with Gasteiger partial charge in [0.1, 0.15) is 0 Å². The highest BCUT2D eigenvalue weighted by Crippen LogP contribution is 2.12. The van der Waals surface area contributed by atoms with E-state index >= 15 is 0 Å². The SMILES string of the molecule is CCN(CCCNC(=NC)NCCCNS(=O)(=O)CC)c1ccccc1.I. The quantitative estimate of drug-likeness (QED) is 0.173. The van der Waals surface area contributed by atoms with E-state index in [-0.39, 0.29) is 29.7 Å². The lowest BCUT2D eigenvalue weighted by atomic mass is 10.2. The van der Waals surface area contributed by atoms with E-state index in [0.29, 0.717) is 19.5 Å². The molecule has 0 atom stereocenters. The molecule has 156 valence electrons. The smallest absolute Gasteiger partial charge is 0.211 e. The van der Waals surface area contributed by atoms with Gasteiger partial charge in [0.05, 0.1) is 5.75 Å². The van der Waals surface area contributed by atoms with E-state index in [4.69, 9.17) is 0 Å². The minimum atomic E-state index is -3.11. The van der Waals surface area contributed by atoms with Crippen LogP contribution in [-0.2, 0) is 10.0 Å². The van der Waals surface area contributed by atoms with Crippen LogP contribution in [0, 0.1) is 0 Å². The number of halogens is 1. The molecule has 27 heavy (non-hydrogen) atoms. The van der Waals surface area contributed by atoms with Crippen LogP contribution in [0.3, 0.4) is 0 Å². The molecule has 0 radical (unpaired) electrons. The van der Waals surface area contributed by atoms with Crippen molar-refractivity contribution in [2.75, 3.05) is 50.4 Å². The van der Waals surface area contributed by atoms with E-state index in [1.165, 1.54) is 5.69 Å². The van der Waals surface area contributed by atoms with Gasteiger partial charge >= 0.3 is 0 Å². The van der Waals surface area contributed by atoms with Gasteiger partial charge in [-0.15, -0.1) is 24.0 Å². The Morgan fingerprint density at radius 2 is 1.67 bits per heavy atom. The van der Waals surface area contributed by atoms with Crippen molar-refractivity contribution >= 4 is 45.6 Å². The molecular formula is C18H34IN5O2S. The molecule has 9 heteroatoms. The molecule has 0 aliphatic carbocycles. The van der Waals surface area contributed by atoms with E-state index in [2.05, 4.69) is 56.4 Å². The molecule has 1 rings (SSSR count). The van der Waals surface area contributed by atoms with Crippen molar-refractivity contribution in [2.45, 2.75) is 26.7 Å². The first-order chi connectivity index (χ1) is 12.5. The summed E-state index contributed by atoms with van der Waals surface area (Å²) in [5.74, 6) is 0.854. The van der Waals surface area contributed by atoms with Crippen molar-refractivity contribution in [3.63, 3.8) is 0 Å². The van der Waals surface area contributed by atoms with Crippen LogP contribution < -0.4 is 20.3 Å². The predicted molar refractivity (Wildman–Crippen MR) is 126 cm³/mol. The first kappa shape index (κ1) is 25.9. The van der Waals surface area contributed by atoms with Crippen molar-refractivity contribution in [3.8, 4) is 0 Å². The van der Waals surface area contributed by atoms with Gasteiger partial charge in [0.25, 0.3) is 0 Å². The third kappa shape index (κ3) is 11.4. The maximum absolute atomic E-state index is 11.3. The molecule has 0 fully saturated rings. The maximum atomic E-state index is 11.3. The van der Waals surface area contributed by atoms with Crippen LogP contribution in [0.15, 0.2) is 35.3 Å². The van der Waals surface area contributed by atoms with Gasteiger partial charge in [-0.1, -0.05) is 18.2 Å². The molecule has 7 nitrogen and oxygen atoms in total. The lowest BCUT2D eigenvalue weighted by molar-refractivity contribution is 0.579. The number of hydrogen-bond donors (Lipinski definition) is 3. The molecule has 0 aromatic heterocycles. The Hall–Kier alpha value is -1.07. The van der Waals surface area contributed by atoms with Crippen LogP contribution in [0.25, 0.3) is 0 Å². The topological polar surface area (TPSA) is 85.8 Å². The molecule has 1 aromatic rings. The molecule has 1 aromatic carbocycles. The van der Waals surface area contributed by atoms with Crippen LogP contribution in [0.1, 0.15) is 26.7 Å². The van der Waals surface area contributed by atoms with E-state index in [1.54, 1.807) is 14.0 Å². The fourth-order valence-electron chi connectivity index (χ4n) is 2.43. The standard InChI is InChI=1S/C18H33N5O2S.HI/c1-4-23(17-11-7-6-8-12-17)16-10-14-21-18(19-3)20-13-9-15-22-26(24,25)5-2;/h6-8,11-12,22H,4-5,9-10,13-16H2,1-3H3,(H2,19,20,21);1H. The average molecular weight is 511 g/mol. The van der Waals surface area contributed by atoms with Gasteiger partial charge < -0.3 is 15.5 Å². The number of guanidine groups is 1. The van der Waals surface area contributed by atoms with Crippen LogP contribution in [0.2, 0.25) is 0 Å². The summed E-state index contributed by atoms with van der Waals surface area (Å²) in [6.07, 6.45) is 1.71. The summed E-state index contributed by atoms with van der Waals surface area (Å²) < 4.78 is 25.2. The minimum Gasteiger partial charge on any atom is -0.372 e. The van der Waals surface area contributed by atoms with Crippen molar-refractivity contribution in [2.24, 2.45) is 4.99 Å². The van der Waals surface area contributed by atoms with Gasteiger partial charge in [-0.05, 0) is 38.8 Å². The van der Waals surface area contributed by atoms with Crippen molar-refractivity contribution in [3.05, 3.63) is 30.3 Å². The second-order valence-electron chi connectivity index (χ2n) is 5.85. The summed E-state index contributed by atoms with van der Waals surface area (Å²) in [6.45, 7) is 7.66. The second-order valence-corrected chi connectivity index (χ2v) is 7.94. The molecule has 0 unspecified atom stereocenters. The third-order valence-electron chi connectivity index (χ3n) is 3.97. The molecule has 0 saturated heterocycles. The molecule has 0 amide bonds. The molecular weight excluding hydrogens is 477 g/mol. The Bertz CT molecular complexity index is 626. The highest BCUT2D eigenvalue weighted by molar-refractivity contribution is 14.0. The first-order valence-electron chi connectivity index (χ1n) is 9.24. The van der Waals surface area contributed by atoms with Gasteiger partial charge in [-0.3, -0.25) is 4.99 Å². The zero-order valence-corrected chi connectivity index (χ0v) is 19.7. The van der Waals surface area contributed by atoms with Gasteiger partial charge in [-0.25, -0.2) is 13.1 Å². The Balaban J connectivity index is 0.00000676. The molecule has 3 N–H and O–H groups in total. The summed E-state index contributed by atoms with van der Waals surface area (Å²) in [5.41, 5.74) is 1.24. The van der Waals surface area contributed by atoms with E-state index in [0.717, 1.165) is 32.0 Å². The number of benzene rings is 1. The average Bonchev–Trinajstić information content (AvgIpc) is 2.66. The zero-order chi connectivity index (χ0) is 19.3. The molecule has 0 aliphatic rings. The van der Waals surface area contributed by atoms with E-state index in [9.17, 15) is 8.42 Å². The number of para-hydroxylation sites is 1. The lowest BCUT2D eigenvalue weighted by Gasteiger charge is -2.23. The van der Waals surface area contributed by atoms with Gasteiger partial charge in [0.2, 0.25) is 10.0 Å². The van der Waals surface area contributed by atoms with Crippen LogP contribution in [0.5, 0.6) is 0 Å². The molecule has 0 saturated carbocycles. The summed E-state index contributed by atoms with van der Waals surface area (Å²) in [4.78, 5) is 6.53. The molecule has 0 bridgehead atoms. The number of nitrogens with one attached hydrogen (secondary N) is 3. The van der Waals surface area contributed by atoms with Gasteiger partial charge in [0, 0.05) is 45.5 Å². The second kappa shape index (κ2) is 14.9. The largest absolute Gasteiger partial charge is 0.372 e. The fourth-order valence-corrected chi connectivity index (χ4v) is 3.09. The summed E-state index contributed by atoms with van der Waals surface area (Å²) in [5, 5.41) is 6.49. The molecule has 0 aliphatic heterocycles. The summed E-state index contributed by atoms with van der Waals surface area (Å²) in [6, 6.07) is 10.4. The summed E-state index contributed by atoms with van der Waals surface area (Å²) >= 11 is 0. The number of hydrogen-bond acceptors (Lipinski definition) is 4. The van der Waals surface area contributed by atoms with Crippen LogP contribution >= 0.6 is 24.0 Å². The lowest BCUT2D eigenvalue weighted by Crippen LogP contribution is -2.40. The fraction of sp³-hybridized carbons (Fsp3) is 0.611. The van der Waals surface area contributed by atoms with E-state index in [1.807, 2.05) is 6.07 Å². The third-order valence-corrected chi connectivity index (χ3v) is 5.38. The Kier molecular flexibility index (Phi) is 14.3. The summed E-state index contributed by atoms with van der Waals surface area (Å²) in [7, 11) is -1.37. The van der Waals surface area contributed by atoms with Crippen molar-refractivity contribution in [1.29, 1.82) is 0 Å². The monoisotopic (exact) mass is 511 g/mol. The van der Waals surface area contributed by atoms with Crippen LogP contribution in [-0.4, -0.2) is 59.9 Å². The Morgan fingerprint density at radius 1 is 1.04 bits per heavy atom. The zero-order valence-electron chi connectivity index (χ0n) is 16.6. The Morgan fingerprint density at radius 3 is 2.22 bits per heavy atom. The van der Waals surface area contributed by atoms with Crippen molar-refractivity contribution in [1.82, 2.24) is 15.4 Å². The minimum absolute atomic E-state index is 0. The number of aliphatic imine (C=N–C) groups is 1. The molecule has 0 spiro atoms. The maximum Gasteiger partial charge on any atom is 0.211 e. The highest BCUT2D eigenvalue weighted by atomic mass is 127. The van der Waals surface area contributed by atoms with Gasteiger partial charge in [-0.2, -0.15) is 0 Å². The number of nitrogens with zero attached hydrogens (tertiary/aromatic N) is 2. The first-order valence-corrected chi connectivity index (χ1v) is 10.9. The van der Waals surface area contributed by atoms with Gasteiger partial charge in [0.15, 0.2) is 5.96 Å².